The van der Waals surface area contributed by atoms with Gasteiger partial charge in [-0.15, -0.1) is 11.8 Å². The van der Waals surface area contributed by atoms with Crippen molar-refractivity contribution in [3.8, 4) is 0 Å². The minimum atomic E-state index is 0.421. The van der Waals surface area contributed by atoms with Crippen LogP contribution in [0.25, 0.3) is 0 Å². The maximum absolute atomic E-state index is 3.75. The molecule has 0 aliphatic carbocycles. The van der Waals surface area contributed by atoms with E-state index in [1.54, 1.807) is 11.8 Å². The minimum Gasteiger partial charge on any atom is -0.309 e. The molecular formula is C18H30N2S. The first-order valence-electron chi connectivity index (χ1n) is 8.23. The summed E-state index contributed by atoms with van der Waals surface area (Å²) < 4.78 is 0. The number of likely N-dealkylation sites (tertiary alicyclic amines) is 1. The summed E-state index contributed by atoms with van der Waals surface area (Å²) in [5, 5.41) is 3.75. The molecule has 3 heteroatoms. The summed E-state index contributed by atoms with van der Waals surface area (Å²) in [5.74, 6) is 0.710. The van der Waals surface area contributed by atoms with Gasteiger partial charge >= 0.3 is 0 Å². The molecule has 0 bridgehead atoms. The Kier molecular flexibility index (Phi) is 6.59. The lowest BCUT2D eigenvalue weighted by atomic mass is 10.0. The molecule has 1 aromatic carbocycles. The van der Waals surface area contributed by atoms with E-state index in [0.29, 0.717) is 18.0 Å². The second-order valence-electron chi connectivity index (χ2n) is 6.46. The zero-order chi connectivity index (χ0) is 15.2. The van der Waals surface area contributed by atoms with Crippen molar-refractivity contribution >= 4 is 11.8 Å². The maximum atomic E-state index is 3.75. The van der Waals surface area contributed by atoms with Gasteiger partial charge in [0, 0.05) is 23.5 Å². The molecule has 2 nitrogen and oxygen atoms in total. The summed E-state index contributed by atoms with van der Waals surface area (Å²) in [6.45, 7) is 10.6. The van der Waals surface area contributed by atoms with Gasteiger partial charge < -0.3 is 5.32 Å². The summed E-state index contributed by atoms with van der Waals surface area (Å²) in [4.78, 5) is 4.00. The van der Waals surface area contributed by atoms with Crippen LogP contribution in [-0.4, -0.2) is 36.8 Å². The molecule has 0 radical (unpaired) electrons. The van der Waals surface area contributed by atoms with Crippen molar-refractivity contribution in [2.24, 2.45) is 5.92 Å². The third-order valence-corrected chi connectivity index (χ3v) is 5.37. The first-order valence-corrected chi connectivity index (χ1v) is 9.45. The number of nitrogens with one attached hydrogen (secondary N) is 1. The van der Waals surface area contributed by atoms with Crippen molar-refractivity contribution in [2.75, 3.05) is 25.9 Å². The fourth-order valence-corrected chi connectivity index (χ4v) is 3.58. The van der Waals surface area contributed by atoms with E-state index in [-0.39, 0.29) is 0 Å². The quantitative estimate of drug-likeness (QED) is 0.761. The summed E-state index contributed by atoms with van der Waals surface area (Å²) in [6, 6.07) is 10.0. The molecule has 0 aromatic heterocycles. The fourth-order valence-electron chi connectivity index (χ4n) is 3.17. The van der Waals surface area contributed by atoms with Crippen LogP contribution in [0.5, 0.6) is 0 Å². The van der Waals surface area contributed by atoms with Crippen molar-refractivity contribution in [2.45, 2.75) is 50.6 Å². The molecule has 2 unspecified atom stereocenters. The topological polar surface area (TPSA) is 15.3 Å². The summed E-state index contributed by atoms with van der Waals surface area (Å²) in [7, 11) is 0. The summed E-state index contributed by atoms with van der Waals surface area (Å²) in [6.07, 6.45) is 4.86. The predicted molar refractivity (Wildman–Crippen MR) is 94.1 cm³/mol. The molecule has 1 aliphatic rings. The van der Waals surface area contributed by atoms with E-state index in [1.807, 2.05) is 0 Å². The van der Waals surface area contributed by atoms with Gasteiger partial charge in [0.2, 0.25) is 0 Å². The maximum Gasteiger partial charge on any atom is 0.0292 e. The second kappa shape index (κ2) is 8.21. The van der Waals surface area contributed by atoms with Gasteiger partial charge in [-0.1, -0.05) is 26.0 Å². The van der Waals surface area contributed by atoms with E-state index >= 15 is 0 Å². The highest BCUT2D eigenvalue weighted by molar-refractivity contribution is 7.98. The molecule has 118 valence electrons. The third kappa shape index (κ3) is 4.73. The SMILES string of the molecule is CSc1ccc(C(C)NCC(C(C)C)N2CCCC2)cc1. The third-order valence-electron chi connectivity index (χ3n) is 4.63. The summed E-state index contributed by atoms with van der Waals surface area (Å²) in [5.41, 5.74) is 1.39. The molecular weight excluding hydrogens is 276 g/mol. The van der Waals surface area contributed by atoms with Gasteiger partial charge in [0.1, 0.15) is 0 Å². The van der Waals surface area contributed by atoms with Gasteiger partial charge in [0.05, 0.1) is 0 Å². The van der Waals surface area contributed by atoms with E-state index in [2.05, 4.69) is 61.5 Å². The average Bonchev–Trinajstić information content (AvgIpc) is 3.01. The Labute approximate surface area is 134 Å². The molecule has 0 amide bonds. The molecule has 1 heterocycles. The van der Waals surface area contributed by atoms with Crippen molar-refractivity contribution in [1.82, 2.24) is 10.2 Å². The highest BCUT2D eigenvalue weighted by Gasteiger charge is 2.24. The van der Waals surface area contributed by atoms with Crippen LogP contribution >= 0.6 is 11.8 Å². The fraction of sp³-hybridized carbons (Fsp3) is 0.667. The standard InChI is InChI=1S/C18H30N2S/c1-14(2)18(20-11-5-6-12-20)13-19-15(3)16-7-9-17(21-4)10-8-16/h7-10,14-15,18-19H,5-6,11-13H2,1-4H3. The van der Waals surface area contributed by atoms with Crippen molar-refractivity contribution in [1.29, 1.82) is 0 Å². The first-order chi connectivity index (χ1) is 10.1. The Morgan fingerprint density at radius 3 is 2.24 bits per heavy atom. The monoisotopic (exact) mass is 306 g/mol. The smallest absolute Gasteiger partial charge is 0.0292 e. The van der Waals surface area contributed by atoms with Gasteiger partial charge in [-0.2, -0.15) is 0 Å². The van der Waals surface area contributed by atoms with Gasteiger partial charge in [-0.3, -0.25) is 4.90 Å². The van der Waals surface area contributed by atoms with E-state index in [0.717, 1.165) is 6.54 Å². The summed E-state index contributed by atoms with van der Waals surface area (Å²) >= 11 is 1.80. The van der Waals surface area contributed by atoms with Gasteiger partial charge in [0.25, 0.3) is 0 Å². The first kappa shape index (κ1) is 16.9. The number of rotatable bonds is 7. The predicted octanol–water partition coefficient (Wildman–Crippen LogP) is 4.18. The normalized spacial score (nSPS) is 19.1. The molecule has 2 rings (SSSR count). The molecule has 0 saturated carbocycles. The lowest BCUT2D eigenvalue weighted by Crippen LogP contribution is -2.44. The van der Waals surface area contributed by atoms with Crippen LogP contribution in [-0.2, 0) is 0 Å². The minimum absolute atomic E-state index is 0.421. The largest absolute Gasteiger partial charge is 0.309 e. The van der Waals surface area contributed by atoms with Crippen LogP contribution in [0.4, 0.5) is 0 Å². The van der Waals surface area contributed by atoms with Crippen LogP contribution < -0.4 is 5.32 Å². The van der Waals surface area contributed by atoms with Crippen LogP contribution in [0.3, 0.4) is 0 Å². The van der Waals surface area contributed by atoms with Gasteiger partial charge in [-0.05, 0) is 62.7 Å². The number of thioether (sulfide) groups is 1. The van der Waals surface area contributed by atoms with E-state index in [9.17, 15) is 0 Å². The molecule has 1 aromatic rings. The number of benzene rings is 1. The number of hydrogen-bond donors (Lipinski definition) is 1. The number of hydrogen-bond acceptors (Lipinski definition) is 3. The Balaban J connectivity index is 1.89. The Bertz CT molecular complexity index is 410. The number of nitrogens with zero attached hydrogens (tertiary/aromatic N) is 1. The van der Waals surface area contributed by atoms with E-state index in [4.69, 9.17) is 0 Å². The van der Waals surface area contributed by atoms with Crippen LogP contribution in [0, 0.1) is 5.92 Å². The highest BCUT2D eigenvalue weighted by atomic mass is 32.2. The van der Waals surface area contributed by atoms with Crippen LogP contribution in [0.15, 0.2) is 29.2 Å². The molecule has 1 aliphatic heterocycles. The molecule has 21 heavy (non-hydrogen) atoms. The molecule has 1 fully saturated rings. The van der Waals surface area contributed by atoms with Crippen LogP contribution in [0.2, 0.25) is 0 Å². The lowest BCUT2D eigenvalue weighted by molar-refractivity contribution is 0.183. The lowest BCUT2D eigenvalue weighted by Gasteiger charge is -2.32. The van der Waals surface area contributed by atoms with Crippen LogP contribution in [0.1, 0.15) is 45.2 Å². The second-order valence-corrected chi connectivity index (χ2v) is 7.34. The molecule has 1 saturated heterocycles. The zero-order valence-electron chi connectivity index (χ0n) is 13.9. The van der Waals surface area contributed by atoms with E-state index < -0.39 is 0 Å². The molecule has 0 spiro atoms. The molecule has 1 N–H and O–H groups in total. The Morgan fingerprint density at radius 2 is 1.71 bits per heavy atom. The van der Waals surface area contributed by atoms with Crippen molar-refractivity contribution in [3.63, 3.8) is 0 Å². The molecule has 2 atom stereocenters. The van der Waals surface area contributed by atoms with Gasteiger partial charge in [-0.25, -0.2) is 0 Å². The zero-order valence-corrected chi connectivity index (χ0v) is 14.7. The van der Waals surface area contributed by atoms with E-state index in [1.165, 1.54) is 36.4 Å². The van der Waals surface area contributed by atoms with Gasteiger partial charge in [0.15, 0.2) is 0 Å². The highest BCUT2D eigenvalue weighted by Crippen LogP contribution is 2.21. The Hall–Kier alpha value is -0.510. The average molecular weight is 307 g/mol. The van der Waals surface area contributed by atoms with Crippen molar-refractivity contribution in [3.05, 3.63) is 29.8 Å². The Morgan fingerprint density at radius 1 is 1.10 bits per heavy atom. The van der Waals surface area contributed by atoms with Crippen molar-refractivity contribution < 1.29 is 0 Å².